The molecular formula is C22H33NO5. The predicted octanol–water partition coefficient (Wildman–Crippen LogP) is 3.59. The van der Waals surface area contributed by atoms with Gasteiger partial charge in [0.2, 0.25) is 0 Å². The summed E-state index contributed by atoms with van der Waals surface area (Å²) in [7, 11) is 1.33. The average Bonchev–Trinajstić information content (AvgIpc) is 3.33. The van der Waals surface area contributed by atoms with E-state index in [2.05, 4.69) is 0 Å². The minimum atomic E-state index is -0.757. The van der Waals surface area contributed by atoms with Crippen molar-refractivity contribution < 1.29 is 24.2 Å². The van der Waals surface area contributed by atoms with Crippen LogP contribution in [-0.2, 0) is 14.3 Å². The average molecular weight is 392 g/mol. The lowest BCUT2D eigenvalue weighted by Gasteiger charge is -2.33. The van der Waals surface area contributed by atoms with Crippen LogP contribution in [0.5, 0.6) is 0 Å². The van der Waals surface area contributed by atoms with Crippen molar-refractivity contribution in [1.82, 2.24) is 4.90 Å². The number of benzene rings is 1. The monoisotopic (exact) mass is 391 g/mol. The third-order valence-electron chi connectivity index (χ3n) is 4.95. The maximum atomic E-state index is 13.1. The van der Waals surface area contributed by atoms with Crippen LogP contribution in [-0.4, -0.2) is 53.5 Å². The smallest absolute Gasteiger partial charge is 0.411 e. The molecule has 28 heavy (non-hydrogen) atoms. The number of esters is 1. The quantitative estimate of drug-likeness (QED) is 0.719. The van der Waals surface area contributed by atoms with Gasteiger partial charge in [-0.05, 0) is 38.7 Å². The fraction of sp³-hybridized carbons (Fsp3) is 0.636. The molecule has 2 rings (SSSR count). The number of carbonyl (C=O) groups excluding carboxylic acids is 2. The summed E-state index contributed by atoms with van der Waals surface area (Å²) in [6.45, 7) is 9.30. The molecule has 156 valence electrons. The molecule has 0 heterocycles. The Labute approximate surface area is 167 Å². The van der Waals surface area contributed by atoms with Crippen LogP contribution < -0.4 is 0 Å². The van der Waals surface area contributed by atoms with Crippen LogP contribution in [0, 0.1) is 11.8 Å². The van der Waals surface area contributed by atoms with Gasteiger partial charge >= 0.3 is 12.1 Å². The van der Waals surface area contributed by atoms with Crippen LogP contribution in [0.2, 0.25) is 0 Å². The van der Waals surface area contributed by atoms with E-state index in [0.717, 1.165) is 5.56 Å². The number of ether oxygens (including phenoxy) is 2. The van der Waals surface area contributed by atoms with Crippen molar-refractivity contribution in [2.24, 2.45) is 11.8 Å². The van der Waals surface area contributed by atoms with Gasteiger partial charge in [-0.2, -0.15) is 0 Å². The van der Waals surface area contributed by atoms with E-state index >= 15 is 0 Å². The van der Waals surface area contributed by atoms with E-state index in [9.17, 15) is 14.7 Å². The number of nitrogens with zero attached hydrogens (tertiary/aromatic N) is 1. The highest BCUT2D eigenvalue weighted by Gasteiger charge is 2.58. The molecule has 1 aromatic carbocycles. The molecule has 0 saturated heterocycles. The number of hydrogen-bond donors (Lipinski definition) is 1. The van der Waals surface area contributed by atoms with Gasteiger partial charge in [-0.1, -0.05) is 44.2 Å². The second-order valence-corrected chi connectivity index (χ2v) is 8.83. The molecule has 4 atom stereocenters. The van der Waals surface area contributed by atoms with E-state index in [1.165, 1.54) is 12.0 Å². The third kappa shape index (κ3) is 5.25. The summed E-state index contributed by atoms with van der Waals surface area (Å²) >= 11 is 0. The highest BCUT2D eigenvalue weighted by molar-refractivity contribution is 5.82. The lowest BCUT2D eigenvalue weighted by Crippen LogP contribution is -2.50. The summed E-state index contributed by atoms with van der Waals surface area (Å²) in [4.78, 5) is 27.2. The molecule has 1 amide bonds. The summed E-state index contributed by atoms with van der Waals surface area (Å²) in [6, 6.07) is 8.69. The van der Waals surface area contributed by atoms with Gasteiger partial charge in [0.05, 0.1) is 7.11 Å². The highest BCUT2D eigenvalue weighted by Crippen LogP contribution is 2.52. The number of rotatable bonds is 7. The summed E-state index contributed by atoms with van der Waals surface area (Å²) in [5.74, 6) is -0.474. The Morgan fingerprint density at radius 3 is 2.25 bits per heavy atom. The van der Waals surface area contributed by atoms with Crippen molar-refractivity contribution in [2.75, 3.05) is 13.7 Å². The lowest BCUT2D eigenvalue weighted by atomic mass is 10.0. The topological polar surface area (TPSA) is 76.1 Å². The van der Waals surface area contributed by atoms with Crippen molar-refractivity contribution in [3.05, 3.63) is 35.9 Å². The number of methoxy groups -OCH3 is 1. The van der Waals surface area contributed by atoms with Crippen molar-refractivity contribution >= 4 is 12.1 Å². The largest absolute Gasteiger partial charge is 0.467 e. The first-order chi connectivity index (χ1) is 13.1. The summed E-state index contributed by atoms with van der Waals surface area (Å²) in [6.07, 6.45) is -0.0901. The maximum absolute atomic E-state index is 13.1. The molecule has 0 aromatic heterocycles. The molecule has 6 heteroatoms. The first-order valence-corrected chi connectivity index (χ1v) is 9.85. The summed E-state index contributed by atoms with van der Waals surface area (Å²) in [5.41, 5.74) is 0.341. The zero-order valence-corrected chi connectivity index (χ0v) is 17.7. The number of amides is 1. The zero-order chi connectivity index (χ0) is 21.1. The Balaban J connectivity index is 2.42. The van der Waals surface area contributed by atoms with Gasteiger partial charge < -0.3 is 14.6 Å². The van der Waals surface area contributed by atoms with E-state index in [4.69, 9.17) is 9.47 Å². The van der Waals surface area contributed by atoms with Crippen LogP contribution >= 0.6 is 0 Å². The SMILES string of the molecule is COC(=O)[C@H](CC(C)C)N(C(=O)OC(C)(C)C)[C@H]1[C@@H](CO)[C@@H]1c1ccccc1. The third-order valence-corrected chi connectivity index (χ3v) is 4.95. The molecule has 6 nitrogen and oxygen atoms in total. The summed E-state index contributed by atoms with van der Waals surface area (Å²) < 4.78 is 10.6. The normalized spacial score (nSPS) is 22.5. The number of aliphatic hydroxyl groups is 1. The molecule has 1 aliphatic carbocycles. The minimum absolute atomic E-state index is 0.0435. The van der Waals surface area contributed by atoms with E-state index in [1.54, 1.807) is 20.8 Å². The molecule has 0 bridgehead atoms. The second kappa shape index (κ2) is 8.95. The van der Waals surface area contributed by atoms with Gasteiger partial charge in [-0.15, -0.1) is 0 Å². The highest BCUT2D eigenvalue weighted by atomic mass is 16.6. The first-order valence-electron chi connectivity index (χ1n) is 9.85. The predicted molar refractivity (Wildman–Crippen MR) is 107 cm³/mol. The minimum Gasteiger partial charge on any atom is -0.467 e. The number of aliphatic hydroxyl groups excluding tert-OH is 1. The standard InChI is InChI=1S/C22H33NO5/c1-14(2)12-17(20(25)27-6)23(21(26)28-22(3,4)5)19-16(13-24)18(19)15-10-8-7-9-11-15/h7-11,14,16-19,24H,12-13H2,1-6H3/t16-,17-,18-,19-/m0/s1. The van der Waals surface area contributed by atoms with Gasteiger partial charge in [-0.3, -0.25) is 4.90 Å². The van der Waals surface area contributed by atoms with E-state index in [-0.39, 0.29) is 30.4 Å². The molecule has 1 aliphatic rings. The molecule has 1 fully saturated rings. The molecule has 1 saturated carbocycles. The molecular weight excluding hydrogens is 358 g/mol. The Morgan fingerprint density at radius 1 is 1.18 bits per heavy atom. The molecule has 0 spiro atoms. The van der Waals surface area contributed by atoms with Crippen molar-refractivity contribution in [3.63, 3.8) is 0 Å². The fourth-order valence-electron chi connectivity index (χ4n) is 3.75. The van der Waals surface area contributed by atoms with Crippen LogP contribution in [0.3, 0.4) is 0 Å². The van der Waals surface area contributed by atoms with E-state index in [1.807, 2.05) is 44.2 Å². The van der Waals surface area contributed by atoms with Crippen molar-refractivity contribution in [1.29, 1.82) is 0 Å². The van der Waals surface area contributed by atoms with Gasteiger partial charge in [0.15, 0.2) is 0 Å². The fourth-order valence-corrected chi connectivity index (χ4v) is 3.75. The van der Waals surface area contributed by atoms with E-state index < -0.39 is 23.7 Å². The van der Waals surface area contributed by atoms with Crippen molar-refractivity contribution in [2.45, 2.75) is 64.6 Å². The molecule has 1 N–H and O–H groups in total. The van der Waals surface area contributed by atoms with Crippen LogP contribution in [0.15, 0.2) is 30.3 Å². The first kappa shape index (κ1) is 22.2. The number of hydrogen-bond acceptors (Lipinski definition) is 5. The molecule has 1 aromatic rings. The zero-order valence-electron chi connectivity index (χ0n) is 17.7. The van der Waals surface area contributed by atoms with Crippen LogP contribution in [0.4, 0.5) is 4.79 Å². The van der Waals surface area contributed by atoms with Gasteiger partial charge in [-0.25, -0.2) is 9.59 Å². The Bertz CT molecular complexity index is 667. The number of carbonyl (C=O) groups is 2. The van der Waals surface area contributed by atoms with Crippen molar-refractivity contribution in [3.8, 4) is 0 Å². The molecule has 0 aliphatic heterocycles. The van der Waals surface area contributed by atoms with Gasteiger partial charge in [0.25, 0.3) is 0 Å². The summed E-state index contributed by atoms with van der Waals surface area (Å²) in [5, 5.41) is 9.94. The Kier molecular flexibility index (Phi) is 7.10. The van der Waals surface area contributed by atoms with Crippen LogP contribution in [0.1, 0.15) is 52.5 Å². The van der Waals surface area contributed by atoms with E-state index in [0.29, 0.717) is 6.42 Å². The van der Waals surface area contributed by atoms with Gasteiger partial charge in [0.1, 0.15) is 11.6 Å². The Hall–Kier alpha value is -2.08. The maximum Gasteiger partial charge on any atom is 0.411 e. The van der Waals surface area contributed by atoms with Crippen LogP contribution in [0.25, 0.3) is 0 Å². The van der Waals surface area contributed by atoms with Gasteiger partial charge in [0, 0.05) is 24.5 Å². The molecule has 0 radical (unpaired) electrons. The Morgan fingerprint density at radius 2 is 1.79 bits per heavy atom. The lowest BCUT2D eigenvalue weighted by molar-refractivity contribution is -0.148. The second-order valence-electron chi connectivity index (χ2n) is 8.83. The molecule has 0 unspecified atom stereocenters.